The molecule has 0 aromatic heterocycles. The lowest BCUT2D eigenvalue weighted by Crippen LogP contribution is -2.40. The fourth-order valence-electron chi connectivity index (χ4n) is 2.97. The lowest BCUT2D eigenvalue weighted by molar-refractivity contribution is -0.0904. The van der Waals surface area contributed by atoms with E-state index in [1.807, 2.05) is 5.32 Å². The number of carbonyl (C=O) groups is 2. The monoisotopic (exact) mass is 466 g/mol. The Morgan fingerprint density at radius 1 is 1.22 bits per heavy atom. The van der Waals surface area contributed by atoms with E-state index >= 15 is 0 Å². The van der Waals surface area contributed by atoms with Crippen LogP contribution in [-0.4, -0.2) is 29.9 Å². The molecule has 2 aromatic rings. The summed E-state index contributed by atoms with van der Waals surface area (Å²) in [4.78, 5) is 24.0. The molecule has 32 heavy (non-hydrogen) atoms. The van der Waals surface area contributed by atoms with Crippen molar-refractivity contribution in [3.05, 3.63) is 64.2 Å². The Hall–Kier alpha value is -3.15. The predicted octanol–water partition coefficient (Wildman–Crippen LogP) is 4.15. The van der Waals surface area contributed by atoms with Gasteiger partial charge in [-0.25, -0.2) is 19.4 Å². The van der Waals surface area contributed by atoms with Gasteiger partial charge in [-0.15, -0.1) is 0 Å². The number of hydrazine groups is 1. The van der Waals surface area contributed by atoms with Crippen LogP contribution in [0.5, 0.6) is 0 Å². The van der Waals surface area contributed by atoms with Crippen LogP contribution in [0.1, 0.15) is 35.2 Å². The first-order valence-corrected chi connectivity index (χ1v) is 10.1. The number of urea groups is 1. The summed E-state index contributed by atoms with van der Waals surface area (Å²) < 4.78 is 32.8. The topological polar surface area (TPSA) is 121 Å². The van der Waals surface area contributed by atoms with Crippen LogP contribution in [0.2, 0.25) is 5.02 Å². The molecule has 3 rings (SSSR count). The van der Waals surface area contributed by atoms with Gasteiger partial charge in [0.2, 0.25) is 0 Å². The second-order valence-electron chi connectivity index (χ2n) is 6.91. The highest BCUT2D eigenvalue weighted by Crippen LogP contribution is 2.24. The minimum atomic E-state index is -1.22. The van der Waals surface area contributed by atoms with E-state index in [0.29, 0.717) is 12.2 Å². The average molecular weight is 467 g/mol. The summed E-state index contributed by atoms with van der Waals surface area (Å²) in [5.74, 6) is 2.42. The summed E-state index contributed by atoms with van der Waals surface area (Å²) in [6, 6.07) is 6.61. The Morgan fingerprint density at radius 3 is 2.62 bits per heavy atom. The summed E-state index contributed by atoms with van der Waals surface area (Å²) in [7, 11) is 0. The van der Waals surface area contributed by atoms with Crippen LogP contribution in [0.15, 0.2) is 46.7 Å². The van der Waals surface area contributed by atoms with Gasteiger partial charge in [0.25, 0.3) is 5.91 Å². The lowest BCUT2D eigenvalue weighted by atomic mass is 10.2. The highest BCUT2D eigenvalue weighted by molar-refractivity contribution is 6.33. The molecule has 1 aliphatic heterocycles. The minimum Gasteiger partial charge on any atom is -0.355 e. The van der Waals surface area contributed by atoms with E-state index in [1.165, 1.54) is 11.2 Å². The number of nitrogens with one attached hydrogen (secondary N) is 2. The number of benzene rings is 2. The lowest BCUT2D eigenvalue weighted by Gasteiger charge is -2.27. The smallest absolute Gasteiger partial charge is 0.326 e. The van der Waals surface area contributed by atoms with E-state index in [0.717, 1.165) is 37.5 Å². The van der Waals surface area contributed by atoms with Crippen LogP contribution in [-0.2, 0) is 11.3 Å². The van der Waals surface area contributed by atoms with Crippen LogP contribution in [0, 0.1) is 11.6 Å². The maximum absolute atomic E-state index is 13.7. The van der Waals surface area contributed by atoms with Crippen molar-refractivity contribution in [2.75, 3.05) is 11.9 Å². The molecule has 170 valence electrons. The molecule has 0 spiro atoms. The molecule has 0 aliphatic carbocycles. The number of rotatable bonds is 6. The normalized spacial score (nSPS) is 16.1. The van der Waals surface area contributed by atoms with Crippen LogP contribution in [0.25, 0.3) is 0 Å². The standard InChI is InChI=1S/C20H21ClF2N6O3/c21-13-10-12(11-25-28-29(24)17-6-1-2-9-32-17)7-8-16(13)26-20(31)27-19(30)18-14(22)4-3-5-15(18)23/h3-5,7-8,10,17H,1-2,6,9,11,24H2,(H2,26,27,30,31). The number of nitrogens with zero attached hydrogens (tertiary/aromatic N) is 3. The Bertz CT molecular complexity index is 997. The Balaban J connectivity index is 1.55. The quantitative estimate of drug-likeness (QED) is 0.335. The van der Waals surface area contributed by atoms with Gasteiger partial charge in [-0.05, 0) is 49.1 Å². The van der Waals surface area contributed by atoms with Crippen molar-refractivity contribution in [1.29, 1.82) is 0 Å². The van der Waals surface area contributed by atoms with Crippen LogP contribution in [0.3, 0.4) is 0 Å². The first-order valence-electron chi connectivity index (χ1n) is 9.73. The van der Waals surface area contributed by atoms with E-state index < -0.39 is 29.1 Å². The van der Waals surface area contributed by atoms with Gasteiger partial charge in [0.1, 0.15) is 17.2 Å². The molecule has 1 saturated heterocycles. The molecule has 0 bridgehead atoms. The van der Waals surface area contributed by atoms with Gasteiger partial charge in [0, 0.05) is 6.61 Å². The van der Waals surface area contributed by atoms with Gasteiger partial charge in [-0.2, -0.15) is 10.2 Å². The fourth-order valence-corrected chi connectivity index (χ4v) is 3.22. The highest BCUT2D eigenvalue weighted by Gasteiger charge is 2.20. The number of amides is 3. The van der Waals surface area contributed by atoms with Crippen molar-refractivity contribution < 1.29 is 23.1 Å². The zero-order valence-corrected chi connectivity index (χ0v) is 17.6. The zero-order valence-electron chi connectivity index (χ0n) is 16.9. The molecule has 4 N–H and O–H groups in total. The largest absolute Gasteiger partial charge is 0.355 e. The van der Waals surface area contributed by atoms with E-state index in [2.05, 4.69) is 15.7 Å². The Labute approximate surface area is 187 Å². The van der Waals surface area contributed by atoms with Crippen molar-refractivity contribution in [1.82, 2.24) is 10.4 Å². The summed E-state index contributed by atoms with van der Waals surface area (Å²) in [5, 5.41) is 13.5. The number of halogens is 3. The molecule has 9 nitrogen and oxygen atoms in total. The molecule has 1 unspecified atom stereocenters. The first kappa shape index (κ1) is 23.5. The molecule has 2 aromatic carbocycles. The van der Waals surface area contributed by atoms with Crippen LogP contribution >= 0.6 is 11.6 Å². The van der Waals surface area contributed by atoms with E-state index in [-0.39, 0.29) is 23.5 Å². The summed E-state index contributed by atoms with van der Waals surface area (Å²) >= 11 is 6.17. The van der Waals surface area contributed by atoms with Crippen LogP contribution in [0.4, 0.5) is 19.3 Å². The third-order valence-electron chi connectivity index (χ3n) is 4.57. The minimum absolute atomic E-state index is 0.164. The first-order chi connectivity index (χ1) is 15.3. The van der Waals surface area contributed by atoms with Gasteiger partial charge in [0.15, 0.2) is 6.23 Å². The Kier molecular flexibility index (Phi) is 8.03. The molecule has 0 radical (unpaired) electrons. The van der Waals surface area contributed by atoms with Gasteiger partial charge in [-0.1, -0.05) is 29.0 Å². The number of hydrogen-bond donors (Lipinski definition) is 3. The highest BCUT2D eigenvalue weighted by atomic mass is 35.5. The molecule has 3 amide bonds. The zero-order chi connectivity index (χ0) is 23.1. The number of nitrogens with two attached hydrogens (primary N) is 1. The second kappa shape index (κ2) is 10.9. The van der Waals surface area contributed by atoms with E-state index in [1.54, 1.807) is 12.1 Å². The number of imide groups is 1. The van der Waals surface area contributed by atoms with Crippen molar-refractivity contribution in [2.24, 2.45) is 16.2 Å². The fraction of sp³-hybridized carbons (Fsp3) is 0.300. The van der Waals surface area contributed by atoms with Gasteiger partial charge in [-0.3, -0.25) is 10.1 Å². The number of hydrogen-bond acceptors (Lipinski definition) is 6. The predicted molar refractivity (Wildman–Crippen MR) is 112 cm³/mol. The SMILES string of the molecule is NN(N=NCc1ccc(NC(=O)NC(=O)c2c(F)cccc2F)c(Cl)c1)C1CCCCO1. The van der Waals surface area contributed by atoms with Gasteiger partial charge < -0.3 is 10.1 Å². The maximum atomic E-state index is 13.7. The molecule has 1 fully saturated rings. The summed E-state index contributed by atoms with van der Waals surface area (Å²) in [6.07, 6.45) is 2.47. The molecular weight excluding hydrogens is 446 g/mol. The van der Waals surface area contributed by atoms with Crippen LogP contribution < -0.4 is 16.5 Å². The average Bonchev–Trinajstić information content (AvgIpc) is 2.76. The molecular formula is C20H21ClF2N6O3. The number of ether oxygens (including phenoxy) is 1. The van der Waals surface area contributed by atoms with Gasteiger partial charge >= 0.3 is 6.03 Å². The second-order valence-corrected chi connectivity index (χ2v) is 7.32. The summed E-state index contributed by atoms with van der Waals surface area (Å²) in [6.45, 7) is 0.810. The van der Waals surface area contributed by atoms with Gasteiger partial charge in [0.05, 0.1) is 17.3 Å². The van der Waals surface area contributed by atoms with Crippen molar-refractivity contribution in [2.45, 2.75) is 32.0 Å². The van der Waals surface area contributed by atoms with E-state index in [4.69, 9.17) is 22.2 Å². The van der Waals surface area contributed by atoms with E-state index in [9.17, 15) is 18.4 Å². The molecule has 1 atom stereocenters. The van der Waals surface area contributed by atoms with Crippen molar-refractivity contribution in [3.63, 3.8) is 0 Å². The molecule has 0 saturated carbocycles. The molecule has 1 aliphatic rings. The summed E-state index contributed by atoms with van der Waals surface area (Å²) in [5.41, 5.74) is 0.0110. The van der Waals surface area contributed by atoms with Crippen molar-refractivity contribution >= 4 is 29.2 Å². The molecule has 1 heterocycles. The van der Waals surface area contributed by atoms with Crippen molar-refractivity contribution in [3.8, 4) is 0 Å². The molecule has 12 heteroatoms. The third-order valence-corrected chi connectivity index (χ3v) is 4.88. The maximum Gasteiger partial charge on any atom is 0.326 e. The number of carbonyl (C=O) groups excluding carboxylic acids is 2. The Morgan fingerprint density at radius 2 is 1.97 bits per heavy atom. The number of anilines is 1. The third kappa shape index (κ3) is 6.19.